The van der Waals surface area contributed by atoms with E-state index in [1.54, 1.807) is 33.5 Å². The fourth-order valence-electron chi connectivity index (χ4n) is 2.68. The summed E-state index contributed by atoms with van der Waals surface area (Å²) < 4.78 is 27.0. The number of methoxy groups -OCH3 is 3. The monoisotopic (exact) mass is 400 g/mol. The van der Waals surface area contributed by atoms with Crippen molar-refractivity contribution >= 4 is 12.0 Å². The van der Waals surface area contributed by atoms with E-state index in [0.717, 1.165) is 16.7 Å². The van der Waals surface area contributed by atoms with Crippen LogP contribution in [0.1, 0.15) is 30.5 Å². The molecule has 0 atom stereocenters. The zero-order chi connectivity index (χ0) is 21.4. The first kappa shape index (κ1) is 22.1. The van der Waals surface area contributed by atoms with Crippen LogP contribution in [-0.4, -0.2) is 33.4 Å². The maximum atomic E-state index is 12.1. The van der Waals surface area contributed by atoms with Gasteiger partial charge in [-0.05, 0) is 67.8 Å². The Hall–Kier alpha value is -3.15. The molecule has 2 aromatic carbocycles. The van der Waals surface area contributed by atoms with Crippen molar-refractivity contribution in [2.24, 2.45) is 0 Å². The Balaban J connectivity index is 2.03. The summed E-state index contributed by atoms with van der Waals surface area (Å²) in [5.74, 6) is 2.05. The Morgan fingerprint density at radius 3 is 2.17 bits per heavy atom. The van der Waals surface area contributed by atoms with Crippen molar-refractivity contribution in [2.75, 3.05) is 21.3 Å². The third-order valence-electron chi connectivity index (χ3n) is 4.17. The number of ether oxygens (including phenoxy) is 5. The van der Waals surface area contributed by atoms with Crippen LogP contribution in [0.25, 0.3) is 6.08 Å². The molecule has 0 saturated carbocycles. The van der Waals surface area contributed by atoms with Crippen LogP contribution in [0.3, 0.4) is 0 Å². The van der Waals surface area contributed by atoms with Crippen LogP contribution in [0.5, 0.6) is 23.0 Å². The van der Waals surface area contributed by atoms with Crippen LogP contribution < -0.4 is 18.9 Å². The summed E-state index contributed by atoms with van der Waals surface area (Å²) in [5, 5.41) is 0. The smallest absolute Gasteiger partial charge is 0.331 e. The van der Waals surface area contributed by atoms with Crippen LogP contribution >= 0.6 is 0 Å². The maximum Gasteiger partial charge on any atom is 0.331 e. The van der Waals surface area contributed by atoms with Gasteiger partial charge in [-0.15, -0.1) is 0 Å². The van der Waals surface area contributed by atoms with Gasteiger partial charge in [0.05, 0.1) is 27.4 Å². The summed E-state index contributed by atoms with van der Waals surface area (Å²) in [5.41, 5.74) is 2.60. The maximum absolute atomic E-state index is 12.1. The molecule has 0 spiro atoms. The first-order chi connectivity index (χ1) is 13.9. The lowest BCUT2D eigenvalue weighted by Gasteiger charge is -2.13. The summed E-state index contributed by atoms with van der Waals surface area (Å²) in [6, 6.07) is 9.13. The summed E-state index contributed by atoms with van der Waals surface area (Å²) in [4.78, 5) is 12.1. The van der Waals surface area contributed by atoms with Crippen LogP contribution in [0.2, 0.25) is 0 Å². The lowest BCUT2D eigenvalue weighted by molar-refractivity contribution is -0.138. The van der Waals surface area contributed by atoms with Gasteiger partial charge in [-0.2, -0.15) is 0 Å². The molecule has 0 N–H and O–H groups in total. The van der Waals surface area contributed by atoms with Gasteiger partial charge in [0.15, 0.2) is 23.0 Å². The Morgan fingerprint density at radius 2 is 1.55 bits per heavy atom. The molecule has 6 nitrogen and oxygen atoms in total. The Kier molecular flexibility index (Phi) is 7.95. The number of esters is 1. The minimum absolute atomic E-state index is 0.0419. The van der Waals surface area contributed by atoms with Crippen molar-refractivity contribution < 1.29 is 28.5 Å². The highest BCUT2D eigenvalue weighted by Gasteiger charge is 2.10. The minimum Gasteiger partial charge on any atom is -0.493 e. The standard InChI is InChI=1S/C23H28O6/c1-15(2)29-19-9-7-17(12-21(19)26-5)8-10-23(24)28-14-18-13-22(27-6)20(25-4)11-16(18)3/h7-13,15H,14H2,1-6H3/b10-8+. The zero-order valence-electron chi connectivity index (χ0n) is 17.8. The number of carbonyl (C=O) groups is 1. The molecule has 0 saturated heterocycles. The zero-order valence-corrected chi connectivity index (χ0v) is 17.8. The summed E-state index contributed by atoms with van der Waals surface area (Å²) in [6.45, 7) is 5.96. The second kappa shape index (κ2) is 10.4. The van der Waals surface area contributed by atoms with E-state index in [1.165, 1.54) is 6.08 Å². The molecule has 156 valence electrons. The highest BCUT2D eigenvalue weighted by Crippen LogP contribution is 2.31. The lowest BCUT2D eigenvalue weighted by Crippen LogP contribution is -2.06. The Bertz CT molecular complexity index is 870. The van der Waals surface area contributed by atoms with Crippen molar-refractivity contribution in [3.05, 3.63) is 53.1 Å². The number of hydrogen-bond donors (Lipinski definition) is 0. The third-order valence-corrected chi connectivity index (χ3v) is 4.17. The van der Waals surface area contributed by atoms with E-state index in [-0.39, 0.29) is 12.7 Å². The first-order valence-corrected chi connectivity index (χ1v) is 9.29. The van der Waals surface area contributed by atoms with E-state index in [1.807, 2.05) is 45.0 Å². The van der Waals surface area contributed by atoms with E-state index < -0.39 is 5.97 Å². The van der Waals surface area contributed by atoms with E-state index in [9.17, 15) is 4.79 Å². The molecule has 6 heteroatoms. The average molecular weight is 400 g/mol. The molecule has 0 aliphatic rings. The van der Waals surface area contributed by atoms with E-state index in [0.29, 0.717) is 23.0 Å². The van der Waals surface area contributed by atoms with Crippen LogP contribution in [0, 0.1) is 6.92 Å². The van der Waals surface area contributed by atoms with Gasteiger partial charge in [0.25, 0.3) is 0 Å². The lowest BCUT2D eigenvalue weighted by atomic mass is 10.1. The molecule has 0 radical (unpaired) electrons. The molecule has 0 aliphatic heterocycles. The highest BCUT2D eigenvalue weighted by atomic mass is 16.5. The largest absolute Gasteiger partial charge is 0.493 e. The number of carbonyl (C=O) groups excluding carboxylic acids is 1. The summed E-state index contributed by atoms with van der Waals surface area (Å²) in [7, 11) is 4.73. The van der Waals surface area contributed by atoms with E-state index in [4.69, 9.17) is 23.7 Å². The van der Waals surface area contributed by atoms with Gasteiger partial charge >= 0.3 is 5.97 Å². The molecule has 29 heavy (non-hydrogen) atoms. The van der Waals surface area contributed by atoms with Gasteiger partial charge in [0.2, 0.25) is 0 Å². The predicted octanol–water partition coefficient (Wildman–Crippen LogP) is 4.56. The summed E-state index contributed by atoms with van der Waals surface area (Å²) in [6.07, 6.45) is 3.10. The number of hydrogen-bond acceptors (Lipinski definition) is 6. The summed E-state index contributed by atoms with van der Waals surface area (Å²) >= 11 is 0. The third kappa shape index (κ3) is 6.17. The van der Waals surface area contributed by atoms with E-state index in [2.05, 4.69) is 0 Å². The van der Waals surface area contributed by atoms with Crippen molar-refractivity contribution in [3.8, 4) is 23.0 Å². The van der Waals surface area contributed by atoms with Gasteiger partial charge in [-0.25, -0.2) is 4.79 Å². The number of benzene rings is 2. The molecule has 0 heterocycles. The molecule has 0 bridgehead atoms. The Labute approximate surface area is 172 Å². The van der Waals surface area contributed by atoms with Crippen molar-refractivity contribution in [2.45, 2.75) is 33.5 Å². The number of rotatable bonds is 9. The topological polar surface area (TPSA) is 63.2 Å². The first-order valence-electron chi connectivity index (χ1n) is 9.29. The second-order valence-electron chi connectivity index (χ2n) is 6.65. The average Bonchev–Trinajstić information content (AvgIpc) is 2.71. The van der Waals surface area contributed by atoms with Crippen molar-refractivity contribution in [1.82, 2.24) is 0 Å². The van der Waals surface area contributed by atoms with Gasteiger partial charge in [-0.1, -0.05) is 6.07 Å². The van der Waals surface area contributed by atoms with Crippen molar-refractivity contribution in [1.29, 1.82) is 0 Å². The Morgan fingerprint density at radius 1 is 0.931 bits per heavy atom. The van der Waals surface area contributed by atoms with E-state index >= 15 is 0 Å². The number of aryl methyl sites for hydroxylation is 1. The van der Waals surface area contributed by atoms with Crippen LogP contribution in [0.15, 0.2) is 36.4 Å². The minimum atomic E-state index is -0.444. The molecule has 0 fully saturated rings. The highest BCUT2D eigenvalue weighted by molar-refractivity contribution is 5.87. The molecule has 0 unspecified atom stereocenters. The second-order valence-corrected chi connectivity index (χ2v) is 6.65. The van der Waals surface area contributed by atoms with Gasteiger partial charge in [0.1, 0.15) is 6.61 Å². The van der Waals surface area contributed by atoms with Gasteiger partial charge in [-0.3, -0.25) is 0 Å². The van der Waals surface area contributed by atoms with Gasteiger partial charge < -0.3 is 23.7 Å². The molecule has 0 aromatic heterocycles. The van der Waals surface area contributed by atoms with Crippen molar-refractivity contribution in [3.63, 3.8) is 0 Å². The van der Waals surface area contributed by atoms with Crippen LogP contribution in [0.4, 0.5) is 0 Å². The fraction of sp³-hybridized carbons (Fsp3) is 0.348. The normalized spacial score (nSPS) is 10.9. The molecule has 2 aromatic rings. The fourth-order valence-corrected chi connectivity index (χ4v) is 2.68. The quantitative estimate of drug-likeness (QED) is 0.454. The molecule has 0 amide bonds. The SMILES string of the molecule is COc1cc(C)c(COC(=O)/C=C/c2ccc(OC(C)C)c(OC)c2)cc1OC. The predicted molar refractivity (Wildman–Crippen MR) is 112 cm³/mol. The van der Waals surface area contributed by atoms with Crippen LogP contribution in [-0.2, 0) is 16.1 Å². The van der Waals surface area contributed by atoms with Gasteiger partial charge in [0, 0.05) is 6.08 Å². The molecular formula is C23H28O6. The molecule has 0 aliphatic carbocycles. The molecular weight excluding hydrogens is 372 g/mol. The molecule has 2 rings (SSSR count).